The summed E-state index contributed by atoms with van der Waals surface area (Å²) >= 11 is 0. The van der Waals surface area contributed by atoms with Crippen LogP contribution in [0, 0.1) is 13.8 Å². The second kappa shape index (κ2) is 5.50. The van der Waals surface area contributed by atoms with E-state index < -0.39 is 5.60 Å². The highest BCUT2D eigenvalue weighted by molar-refractivity contribution is 5.94. The highest BCUT2D eigenvalue weighted by Crippen LogP contribution is 2.23. The Morgan fingerprint density at radius 2 is 2.00 bits per heavy atom. The van der Waals surface area contributed by atoms with Gasteiger partial charge in [-0.25, -0.2) is 0 Å². The van der Waals surface area contributed by atoms with E-state index in [9.17, 15) is 9.90 Å². The number of carbonyl (C=O) groups excluding carboxylic acids is 1. The number of rotatable bonds is 3. The zero-order chi connectivity index (χ0) is 14.9. The van der Waals surface area contributed by atoms with Crippen LogP contribution in [-0.2, 0) is 0 Å². The van der Waals surface area contributed by atoms with E-state index in [1.807, 2.05) is 32.8 Å². The molecule has 110 valence electrons. The van der Waals surface area contributed by atoms with Crippen molar-refractivity contribution in [3.63, 3.8) is 0 Å². The molecule has 0 radical (unpaired) electrons. The van der Waals surface area contributed by atoms with Crippen LogP contribution in [0.15, 0.2) is 12.1 Å². The maximum Gasteiger partial charge on any atom is 0.254 e. The minimum Gasteiger partial charge on any atom is -0.387 e. The maximum atomic E-state index is 12.5. The summed E-state index contributed by atoms with van der Waals surface area (Å²) in [5, 5.41) is 10.5. The van der Waals surface area contributed by atoms with Crippen LogP contribution in [0.4, 0.5) is 0 Å². The second-order valence-electron chi connectivity index (χ2n) is 6.08. The molecule has 1 aromatic rings. The van der Waals surface area contributed by atoms with Crippen molar-refractivity contribution < 1.29 is 9.90 Å². The molecule has 1 aliphatic rings. The lowest BCUT2D eigenvalue weighted by atomic mass is 10.0. The zero-order valence-electron chi connectivity index (χ0n) is 12.7. The predicted molar refractivity (Wildman–Crippen MR) is 77.7 cm³/mol. The first-order chi connectivity index (χ1) is 9.29. The summed E-state index contributed by atoms with van der Waals surface area (Å²) < 4.78 is 0. The summed E-state index contributed by atoms with van der Waals surface area (Å²) in [7, 11) is 3.86. The van der Waals surface area contributed by atoms with Crippen LogP contribution in [0.3, 0.4) is 0 Å². The number of β-amino-alcohol motifs (C(OH)–C–C–N with tert-alkyl or cyclic N) is 1. The van der Waals surface area contributed by atoms with Crippen molar-refractivity contribution in [3.8, 4) is 0 Å². The van der Waals surface area contributed by atoms with Gasteiger partial charge >= 0.3 is 0 Å². The first kappa shape index (κ1) is 14.9. The van der Waals surface area contributed by atoms with Gasteiger partial charge in [0.05, 0.1) is 12.1 Å². The molecule has 1 aromatic heterocycles. The number of hydrogen-bond donors (Lipinski definition) is 1. The number of hydrogen-bond acceptors (Lipinski definition) is 4. The standard InChI is InChI=1S/C15H23N3O2/c1-11-7-13(8-12(2)16-11)14(19)18-6-5-15(20,10-18)9-17(3)4/h7-8,20H,5-6,9-10H2,1-4H3/t15-/m1/s1. The van der Waals surface area contributed by atoms with Crippen molar-refractivity contribution in [2.24, 2.45) is 0 Å². The van der Waals surface area contributed by atoms with Gasteiger partial charge in [0.1, 0.15) is 0 Å². The third-order valence-corrected chi connectivity index (χ3v) is 3.56. The van der Waals surface area contributed by atoms with Crippen molar-refractivity contribution in [3.05, 3.63) is 29.1 Å². The van der Waals surface area contributed by atoms with E-state index in [1.54, 1.807) is 17.0 Å². The van der Waals surface area contributed by atoms with Gasteiger partial charge in [0.2, 0.25) is 0 Å². The SMILES string of the molecule is Cc1cc(C(=O)N2CC[C@@](O)(CN(C)C)C2)cc(C)n1. The number of aryl methyl sites for hydroxylation is 2. The molecule has 1 N–H and O–H groups in total. The molecular formula is C15H23N3O2. The average molecular weight is 277 g/mol. The number of amides is 1. The van der Waals surface area contributed by atoms with Crippen molar-refractivity contribution in [1.82, 2.24) is 14.8 Å². The Hall–Kier alpha value is -1.46. The number of pyridine rings is 1. The van der Waals surface area contributed by atoms with Gasteiger partial charge in [0.25, 0.3) is 5.91 Å². The molecule has 0 aromatic carbocycles. The molecule has 0 aliphatic carbocycles. The lowest BCUT2D eigenvalue weighted by Crippen LogP contribution is -2.43. The second-order valence-corrected chi connectivity index (χ2v) is 6.08. The molecule has 2 heterocycles. The Bertz CT molecular complexity index is 496. The van der Waals surface area contributed by atoms with Crippen molar-refractivity contribution in [2.45, 2.75) is 25.9 Å². The van der Waals surface area contributed by atoms with Crippen LogP contribution < -0.4 is 0 Å². The molecule has 5 heteroatoms. The van der Waals surface area contributed by atoms with E-state index >= 15 is 0 Å². The van der Waals surface area contributed by atoms with Gasteiger partial charge in [-0.15, -0.1) is 0 Å². The summed E-state index contributed by atoms with van der Waals surface area (Å²) in [5.74, 6) is -0.0201. The van der Waals surface area contributed by atoms with Gasteiger partial charge in [0, 0.05) is 30.0 Å². The van der Waals surface area contributed by atoms with Crippen LogP contribution in [0.5, 0.6) is 0 Å². The lowest BCUT2D eigenvalue weighted by Gasteiger charge is -2.26. The first-order valence-corrected chi connectivity index (χ1v) is 6.91. The monoisotopic (exact) mass is 277 g/mol. The molecule has 2 rings (SSSR count). The predicted octanol–water partition coefficient (Wildman–Crippen LogP) is 0.837. The van der Waals surface area contributed by atoms with E-state index in [2.05, 4.69) is 4.98 Å². The minimum absolute atomic E-state index is 0.0201. The highest BCUT2D eigenvalue weighted by atomic mass is 16.3. The zero-order valence-corrected chi connectivity index (χ0v) is 12.7. The average Bonchev–Trinajstić information content (AvgIpc) is 2.68. The summed E-state index contributed by atoms with van der Waals surface area (Å²) in [6.07, 6.45) is 0.625. The molecule has 1 atom stereocenters. The normalized spacial score (nSPS) is 22.6. The Morgan fingerprint density at radius 1 is 1.40 bits per heavy atom. The molecule has 0 unspecified atom stereocenters. The van der Waals surface area contributed by atoms with Gasteiger partial charge in [-0.1, -0.05) is 0 Å². The fourth-order valence-corrected chi connectivity index (χ4v) is 2.89. The van der Waals surface area contributed by atoms with Crippen molar-refractivity contribution in [1.29, 1.82) is 0 Å². The van der Waals surface area contributed by atoms with Crippen molar-refractivity contribution in [2.75, 3.05) is 33.7 Å². The van der Waals surface area contributed by atoms with Crippen LogP contribution >= 0.6 is 0 Å². The maximum absolute atomic E-state index is 12.5. The summed E-state index contributed by atoms with van der Waals surface area (Å²) in [6.45, 7) is 5.34. The molecule has 1 aliphatic heterocycles. The summed E-state index contributed by atoms with van der Waals surface area (Å²) in [6, 6.07) is 3.61. The van der Waals surface area contributed by atoms with Crippen LogP contribution in [0.2, 0.25) is 0 Å². The van der Waals surface area contributed by atoms with Crippen LogP contribution in [-0.4, -0.2) is 65.1 Å². The van der Waals surface area contributed by atoms with Gasteiger partial charge in [-0.2, -0.15) is 0 Å². The molecule has 5 nitrogen and oxygen atoms in total. The summed E-state index contributed by atoms with van der Waals surface area (Å²) in [5.41, 5.74) is 1.55. The number of nitrogens with zero attached hydrogens (tertiary/aromatic N) is 3. The highest BCUT2D eigenvalue weighted by Gasteiger charge is 2.38. The third kappa shape index (κ3) is 3.35. The van der Waals surface area contributed by atoms with Crippen LogP contribution in [0.25, 0.3) is 0 Å². The van der Waals surface area contributed by atoms with Crippen molar-refractivity contribution >= 4 is 5.91 Å². The molecule has 0 spiro atoms. The fraction of sp³-hybridized carbons (Fsp3) is 0.600. The first-order valence-electron chi connectivity index (χ1n) is 6.91. The van der Waals surface area contributed by atoms with E-state index in [0.717, 1.165) is 11.4 Å². The minimum atomic E-state index is -0.795. The number of likely N-dealkylation sites (N-methyl/N-ethyl adjacent to an activating group) is 1. The molecule has 0 saturated carbocycles. The Balaban J connectivity index is 2.11. The van der Waals surface area contributed by atoms with Crippen LogP contribution in [0.1, 0.15) is 28.2 Å². The Labute approximate surface area is 120 Å². The number of likely N-dealkylation sites (tertiary alicyclic amines) is 1. The smallest absolute Gasteiger partial charge is 0.254 e. The molecule has 0 bridgehead atoms. The van der Waals surface area contributed by atoms with Gasteiger partial charge < -0.3 is 14.9 Å². The van der Waals surface area contributed by atoms with Gasteiger partial charge in [-0.05, 0) is 46.5 Å². The topological polar surface area (TPSA) is 56.7 Å². The molecule has 1 saturated heterocycles. The van der Waals surface area contributed by atoms with E-state index in [-0.39, 0.29) is 5.91 Å². The molecule has 1 fully saturated rings. The summed E-state index contributed by atoms with van der Waals surface area (Å²) in [4.78, 5) is 20.5. The largest absolute Gasteiger partial charge is 0.387 e. The molecular weight excluding hydrogens is 254 g/mol. The third-order valence-electron chi connectivity index (χ3n) is 3.56. The Kier molecular flexibility index (Phi) is 4.11. The fourth-order valence-electron chi connectivity index (χ4n) is 2.89. The number of carbonyl (C=O) groups is 1. The lowest BCUT2D eigenvalue weighted by molar-refractivity contribution is 0.0236. The van der Waals surface area contributed by atoms with Gasteiger partial charge in [-0.3, -0.25) is 9.78 Å². The molecule has 20 heavy (non-hydrogen) atoms. The van der Waals surface area contributed by atoms with E-state index in [1.165, 1.54) is 0 Å². The number of aliphatic hydroxyl groups is 1. The van der Waals surface area contributed by atoms with Gasteiger partial charge in [0.15, 0.2) is 0 Å². The van der Waals surface area contributed by atoms with E-state index in [4.69, 9.17) is 0 Å². The molecule has 1 amide bonds. The Morgan fingerprint density at radius 3 is 2.55 bits per heavy atom. The number of aromatic nitrogens is 1. The quantitative estimate of drug-likeness (QED) is 0.889. The van der Waals surface area contributed by atoms with E-state index in [0.29, 0.717) is 31.6 Å².